The van der Waals surface area contributed by atoms with Gasteiger partial charge in [0.15, 0.2) is 5.13 Å². The summed E-state index contributed by atoms with van der Waals surface area (Å²) in [6.07, 6.45) is 2.54. The Balaban J connectivity index is 1.81. The fraction of sp³-hybridized carbons (Fsp3) is 0.227. The predicted molar refractivity (Wildman–Crippen MR) is 122 cm³/mol. The molecule has 3 rings (SSSR count). The first-order chi connectivity index (χ1) is 14.5. The smallest absolute Gasteiger partial charge is 0.335 e. The van der Waals surface area contributed by atoms with Crippen molar-refractivity contribution in [2.45, 2.75) is 19.9 Å². The largest absolute Gasteiger partial charge is 0.478 e. The monoisotopic (exact) mass is 441 g/mol. The summed E-state index contributed by atoms with van der Waals surface area (Å²) in [6.45, 7) is 3.27. The second-order valence-electron chi connectivity index (χ2n) is 6.70. The van der Waals surface area contributed by atoms with Gasteiger partial charge in [-0.05, 0) is 36.6 Å². The molecule has 0 aliphatic carbocycles. The highest BCUT2D eigenvalue weighted by molar-refractivity contribution is 7.97. The molecule has 3 aromatic rings. The Kier molecular flexibility index (Phi) is 7.48. The van der Waals surface area contributed by atoms with Crippen LogP contribution >= 0.6 is 23.3 Å². The van der Waals surface area contributed by atoms with E-state index in [-0.39, 0.29) is 11.5 Å². The number of amides is 1. The van der Waals surface area contributed by atoms with E-state index in [2.05, 4.69) is 26.7 Å². The quantitative estimate of drug-likeness (QED) is 0.479. The number of aromatic carboxylic acids is 1. The molecule has 1 aromatic heterocycles. The molecule has 2 N–H and O–H groups in total. The van der Waals surface area contributed by atoms with E-state index in [0.29, 0.717) is 18.8 Å². The first-order valence-electron chi connectivity index (χ1n) is 9.39. The molecule has 2 aromatic carbocycles. The van der Waals surface area contributed by atoms with Gasteiger partial charge >= 0.3 is 5.97 Å². The molecule has 0 atom stereocenters. The SMILES string of the molecule is CSNC(=O)c1nc(N(CCc2ccc(C(=O)O)cc2)Cc2ccccc2)sc1C. The van der Waals surface area contributed by atoms with Crippen LogP contribution in [0.3, 0.4) is 0 Å². The predicted octanol–water partition coefficient (Wildman–Crippen LogP) is 4.41. The van der Waals surface area contributed by atoms with Gasteiger partial charge in [0.25, 0.3) is 5.91 Å². The molecule has 156 valence electrons. The number of aromatic nitrogens is 1. The number of hydrogen-bond acceptors (Lipinski definition) is 6. The number of aryl methyl sites for hydroxylation is 1. The van der Waals surface area contributed by atoms with E-state index in [4.69, 9.17) is 5.11 Å². The van der Waals surface area contributed by atoms with E-state index in [1.165, 1.54) is 23.3 Å². The van der Waals surface area contributed by atoms with E-state index < -0.39 is 5.97 Å². The minimum absolute atomic E-state index is 0.188. The van der Waals surface area contributed by atoms with Crippen molar-refractivity contribution in [2.75, 3.05) is 17.7 Å². The molecule has 6 nitrogen and oxygen atoms in total. The number of carbonyl (C=O) groups is 2. The number of thiazole rings is 1. The summed E-state index contributed by atoms with van der Waals surface area (Å²) in [4.78, 5) is 31.0. The highest BCUT2D eigenvalue weighted by atomic mass is 32.2. The lowest BCUT2D eigenvalue weighted by Gasteiger charge is -2.22. The molecule has 0 saturated heterocycles. The average Bonchev–Trinajstić information content (AvgIpc) is 3.14. The lowest BCUT2D eigenvalue weighted by atomic mass is 10.1. The number of anilines is 1. The van der Waals surface area contributed by atoms with Gasteiger partial charge in [-0.2, -0.15) is 0 Å². The van der Waals surface area contributed by atoms with Crippen molar-refractivity contribution in [3.05, 3.63) is 81.9 Å². The summed E-state index contributed by atoms with van der Waals surface area (Å²) in [5, 5.41) is 9.86. The Morgan fingerprint density at radius 2 is 1.80 bits per heavy atom. The van der Waals surface area contributed by atoms with Crippen LogP contribution in [-0.4, -0.2) is 34.8 Å². The molecular formula is C22H23N3O3S2. The van der Waals surface area contributed by atoms with Gasteiger partial charge in [0.2, 0.25) is 0 Å². The minimum Gasteiger partial charge on any atom is -0.478 e. The van der Waals surface area contributed by atoms with Crippen LogP contribution in [-0.2, 0) is 13.0 Å². The van der Waals surface area contributed by atoms with Gasteiger partial charge in [0, 0.05) is 24.2 Å². The number of nitrogens with zero attached hydrogens (tertiary/aromatic N) is 2. The molecule has 8 heteroatoms. The van der Waals surface area contributed by atoms with Gasteiger partial charge in [-0.25, -0.2) is 9.78 Å². The number of carboxylic acids is 1. The van der Waals surface area contributed by atoms with Crippen molar-refractivity contribution in [1.29, 1.82) is 0 Å². The molecule has 1 amide bonds. The van der Waals surface area contributed by atoms with Crippen LogP contribution in [0.25, 0.3) is 0 Å². The normalized spacial score (nSPS) is 10.6. The zero-order valence-corrected chi connectivity index (χ0v) is 18.4. The Morgan fingerprint density at radius 1 is 1.10 bits per heavy atom. The highest BCUT2D eigenvalue weighted by Crippen LogP contribution is 2.27. The minimum atomic E-state index is -0.929. The van der Waals surface area contributed by atoms with Gasteiger partial charge in [-0.15, -0.1) is 11.3 Å². The Labute approximate surface area is 184 Å². The number of carbonyl (C=O) groups excluding carboxylic acids is 1. The van der Waals surface area contributed by atoms with Crippen molar-refractivity contribution in [3.8, 4) is 0 Å². The second kappa shape index (κ2) is 10.3. The van der Waals surface area contributed by atoms with E-state index in [1.54, 1.807) is 18.4 Å². The zero-order valence-electron chi connectivity index (χ0n) is 16.8. The highest BCUT2D eigenvalue weighted by Gasteiger charge is 2.19. The second-order valence-corrected chi connectivity index (χ2v) is 8.49. The van der Waals surface area contributed by atoms with Gasteiger partial charge in [-0.3, -0.25) is 9.52 Å². The third kappa shape index (κ3) is 5.61. The third-order valence-electron chi connectivity index (χ3n) is 4.55. The van der Waals surface area contributed by atoms with Gasteiger partial charge < -0.3 is 10.0 Å². The maximum Gasteiger partial charge on any atom is 0.335 e. The maximum atomic E-state index is 12.3. The summed E-state index contributed by atoms with van der Waals surface area (Å²) in [6, 6.07) is 17.0. The molecule has 0 unspecified atom stereocenters. The molecule has 1 heterocycles. The molecule has 0 radical (unpaired) electrons. The van der Waals surface area contributed by atoms with Crippen LogP contribution in [0.2, 0.25) is 0 Å². The fourth-order valence-corrected chi connectivity index (χ4v) is 4.21. The summed E-state index contributed by atoms with van der Waals surface area (Å²) in [5.41, 5.74) is 2.93. The maximum absolute atomic E-state index is 12.3. The molecule has 0 aliphatic heterocycles. The standard InChI is InChI=1S/C22H23N3O3S2/c1-15-19(20(26)24-29-2)23-22(30-15)25(14-17-6-4-3-5-7-17)13-12-16-8-10-18(11-9-16)21(27)28/h3-11H,12-14H2,1-2H3,(H,24,26)(H,27,28). The average molecular weight is 442 g/mol. The summed E-state index contributed by atoms with van der Waals surface area (Å²) >= 11 is 2.76. The Bertz CT molecular complexity index is 1000. The van der Waals surface area contributed by atoms with Crippen LogP contribution in [0.5, 0.6) is 0 Å². The van der Waals surface area contributed by atoms with E-state index in [1.807, 2.05) is 37.3 Å². The number of nitrogens with one attached hydrogen (secondary N) is 1. The third-order valence-corrected chi connectivity index (χ3v) is 5.97. The molecule has 0 spiro atoms. The molecule has 0 bridgehead atoms. The Hall–Kier alpha value is -2.84. The Morgan fingerprint density at radius 3 is 2.43 bits per heavy atom. The summed E-state index contributed by atoms with van der Waals surface area (Å²) in [5.74, 6) is -1.12. The number of benzene rings is 2. The summed E-state index contributed by atoms with van der Waals surface area (Å²) < 4.78 is 2.73. The van der Waals surface area contributed by atoms with Crippen molar-refractivity contribution >= 4 is 40.3 Å². The number of hydrogen-bond donors (Lipinski definition) is 2. The van der Waals surface area contributed by atoms with Crippen molar-refractivity contribution < 1.29 is 14.7 Å². The lowest BCUT2D eigenvalue weighted by molar-refractivity contribution is 0.0696. The topological polar surface area (TPSA) is 82.5 Å². The molecular weight excluding hydrogens is 418 g/mol. The summed E-state index contributed by atoms with van der Waals surface area (Å²) in [7, 11) is 0. The van der Waals surface area contributed by atoms with E-state index in [9.17, 15) is 9.59 Å². The van der Waals surface area contributed by atoms with Crippen LogP contribution < -0.4 is 9.62 Å². The first-order valence-corrected chi connectivity index (χ1v) is 11.4. The van der Waals surface area contributed by atoms with Gasteiger partial charge in [0.1, 0.15) is 5.69 Å². The van der Waals surface area contributed by atoms with Crippen LogP contribution in [0.1, 0.15) is 36.9 Å². The van der Waals surface area contributed by atoms with Crippen LogP contribution in [0.4, 0.5) is 5.13 Å². The van der Waals surface area contributed by atoms with Gasteiger partial charge in [0.05, 0.1) is 5.56 Å². The van der Waals surface area contributed by atoms with Gasteiger partial charge in [-0.1, -0.05) is 54.4 Å². The van der Waals surface area contributed by atoms with Crippen LogP contribution in [0, 0.1) is 6.92 Å². The zero-order chi connectivity index (χ0) is 21.5. The van der Waals surface area contributed by atoms with Crippen molar-refractivity contribution in [2.24, 2.45) is 0 Å². The van der Waals surface area contributed by atoms with Crippen molar-refractivity contribution in [3.63, 3.8) is 0 Å². The number of rotatable bonds is 9. The molecule has 30 heavy (non-hydrogen) atoms. The molecule has 0 saturated carbocycles. The first kappa shape index (κ1) is 21.9. The van der Waals surface area contributed by atoms with Crippen molar-refractivity contribution in [1.82, 2.24) is 9.71 Å². The fourth-order valence-electron chi connectivity index (χ4n) is 2.99. The molecule has 0 fully saturated rings. The van der Waals surface area contributed by atoms with E-state index >= 15 is 0 Å². The number of carboxylic acid groups (broad SMARTS) is 1. The molecule has 0 aliphatic rings. The van der Waals surface area contributed by atoms with Crippen LogP contribution in [0.15, 0.2) is 54.6 Å². The van der Waals surface area contributed by atoms with E-state index in [0.717, 1.165) is 27.6 Å². The lowest BCUT2D eigenvalue weighted by Crippen LogP contribution is -2.25.